The lowest BCUT2D eigenvalue weighted by atomic mass is 10.1. The van der Waals surface area contributed by atoms with Crippen molar-refractivity contribution in [3.63, 3.8) is 0 Å². The maximum Gasteiger partial charge on any atom is 0.258 e. The van der Waals surface area contributed by atoms with E-state index in [4.69, 9.17) is 18.9 Å². The van der Waals surface area contributed by atoms with Crippen LogP contribution in [0.15, 0.2) is 42.7 Å². The Morgan fingerprint density at radius 1 is 1.16 bits per heavy atom. The number of aromatic nitrogens is 1. The molecule has 2 unspecified atom stereocenters. The number of carbonyl (C=O) groups is 2. The molecule has 166 valence electrons. The Kier molecular flexibility index (Phi) is 7.66. The number of nitrogens with one attached hydrogen (secondary N) is 1. The van der Waals surface area contributed by atoms with Crippen molar-refractivity contribution < 1.29 is 28.5 Å². The summed E-state index contributed by atoms with van der Waals surface area (Å²) in [4.78, 5) is 31.8. The number of likely N-dealkylation sites (tertiary alicyclic amines) is 1. The van der Waals surface area contributed by atoms with Crippen LogP contribution in [0.5, 0.6) is 17.2 Å². The van der Waals surface area contributed by atoms with Crippen molar-refractivity contribution in [3.8, 4) is 17.2 Å². The van der Waals surface area contributed by atoms with Crippen LogP contribution in [0.4, 0.5) is 0 Å². The molecule has 31 heavy (non-hydrogen) atoms. The van der Waals surface area contributed by atoms with Gasteiger partial charge in [-0.2, -0.15) is 0 Å². The van der Waals surface area contributed by atoms with Gasteiger partial charge in [-0.05, 0) is 24.3 Å². The maximum absolute atomic E-state index is 13.4. The predicted molar refractivity (Wildman–Crippen MR) is 113 cm³/mol. The first-order valence-corrected chi connectivity index (χ1v) is 9.93. The SMILES string of the molecule is COCCNC(=O)C1CC(Oc2cccnc2)CN1C(=O)c1ccc(OC)cc1OC. The zero-order valence-electron chi connectivity index (χ0n) is 17.9. The molecule has 2 amide bonds. The second-order valence-electron chi connectivity index (χ2n) is 6.99. The van der Waals surface area contributed by atoms with Gasteiger partial charge in [-0.3, -0.25) is 14.6 Å². The van der Waals surface area contributed by atoms with Gasteiger partial charge in [0.15, 0.2) is 0 Å². The first-order valence-electron chi connectivity index (χ1n) is 9.93. The monoisotopic (exact) mass is 429 g/mol. The Morgan fingerprint density at radius 2 is 2.00 bits per heavy atom. The van der Waals surface area contributed by atoms with Gasteiger partial charge in [0.2, 0.25) is 5.91 Å². The highest BCUT2D eigenvalue weighted by molar-refractivity contribution is 6.00. The second kappa shape index (κ2) is 10.6. The molecule has 1 aliphatic heterocycles. The van der Waals surface area contributed by atoms with Crippen molar-refractivity contribution in [1.29, 1.82) is 0 Å². The normalized spacial score (nSPS) is 17.8. The smallest absolute Gasteiger partial charge is 0.258 e. The number of pyridine rings is 1. The van der Waals surface area contributed by atoms with Crippen molar-refractivity contribution >= 4 is 11.8 Å². The molecule has 2 heterocycles. The summed E-state index contributed by atoms with van der Waals surface area (Å²) in [5.74, 6) is 0.960. The van der Waals surface area contributed by atoms with Gasteiger partial charge in [0, 0.05) is 32.3 Å². The van der Waals surface area contributed by atoms with Crippen molar-refractivity contribution in [2.24, 2.45) is 0 Å². The average Bonchev–Trinajstić information content (AvgIpc) is 3.22. The van der Waals surface area contributed by atoms with Gasteiger partial charge in [0.05, 0.1) is 39.1 Å². The molecule has 3 rings (SSSR count). The van der Waals surface area contributed by atoms with Crippen molar-refractivity contribution in [2.45, 2.75) is 18.6 Å². The van der Waals surface area contributed by atoms with E-state index in [-0.39, 0.29) is 24.5 Å². The molecule has 0 bridgehead atoms. The summed E-state index contributed by atoms with van der Waals surface area (Å²) >= 11 is 0. The van der Waals surface area contributed by atoms with Crippen LogP contribution in [-0.2, 0) is 9.53 Å². The van der Waals surface area contributed by atoms with E-state index in [0.717, 1.165) is 0 Å². The molecule has 0 aliphatic carbocycles. The molecule has 0 saturated carbocycles. The molecule has 0 radical (unpaired) electrons. The summed E-state index contributed by atoms with van der Waals surface area (Å²) < 4.78 is 21.6. The van der Waals surface area contributed by atoms with E-state index in [9.17, 15) is 9.59 Å². The van der Waals surface area contributed by atoms with Crippen molar-refractivity contribution in [1.82, 2.24) is 15.2 Å². The lowest BCUT2D eigenvalue weighted by Gasteiger charge is -2.24. The van der Waals surface area contributed by atoms with Crippen LogP contribution in [0.2, 0.25) is 0 Å². The van der Waals surface area contributed by atoms with E-state index in [0.29, 0.717) is 42.4 Å². The third kappa shape index (κ3) is 5.43. The molecule has 1 aliphatic rings. The standard InChI is InChI=1S/C22H27N3O6/c1-28-10-9-24-21(26)19-11-17(31-16-5-4-8-23-13-16)14-25(19)22(27)18-7-6-15(29-2)12-20(18)30-3/h4-8,12-13,17,19H,9-11,14H2,1-3H3,(H,24,26). The molecule has 1 saturated heterocycles. The fourth-order valence-electron chi connectivity index (χ4n) is 3.49. The Balaban J connectivity index is 1.83. The number of hydrogen-bond acceptors (Lipinski definition) is 7. The number of rotatable bonds is 9. The fourth-order valence-corrected chi connectivity index (χ4v) is 3.49. The van der Waals surface area contributed by atoms with Crippen LogP contribution >= 0.6 is 0 Å². The zero-order chi connectivity index (χ0) is 22.2. The van der Waals surface area contributed by atoms with Crippen molar-refractivity contribution in [2.75, 3.05) is 41.0 Å². The number of benzene rings is 1. The molecule has 1 N–H and O–H groups in total. The third-order valence-electron chi connectivity index (χ3n) is 5.01. The highest BCUT2D eigenvalue weighted by Crippen LogP contribution is 2.30. The summed E-state index contributed by atoms with van der Waals surface area (Å²) in [6.07, 6.45) is 3.26. The van der Waals surface area contributed by atoms with Crippen LogP contribution in [0, 0.1) is 0 Å². The van der Waals surface area contributed by atoms with E-state index in [1.165, 1.54) is 19.1 Å². The van der Waals surface area contributed by atoms with E-state index < -0.39 is 6.04 Å². The number of hydrogen-bond donors (Lipinski definition) is 1. The summed E-state index contributed by atoms with van der Waals surface area (Å²) in [7, 11) is 4.58. The topological polar surface area (TPSA) is 99.2 Å². The van der Waals surface area contributed by atoms with Crippen LogP contribution in [0.25, 0.3) is 0 Å². The van der Waals surface area contributed by atoms with Gasteiger partial charge in [-0.1, -0.05) is 0 Å². The Labute approximate surface area is 181 Å². The number of ether oxygens (including phenoxy) is 4. The Morgan fingerprint density at radius 3 is 2.68 bits per heavy atom. The molecule has 1 fully saturated rings. The van der Waals surface area contributed by atoms with E-state index in [1.54, 1.807) is 49.8 Å². The Hall–Kier alpha value is -3.33. The minimum Gasteiger partial charge on any atom is -0.497 e. The highest BCUT2D eigenvalue weighted by Gasteiger charge is 2.41. The van der Waals surface area contributed by atoms with Crippen LogP contribution < -0.4 is 19.5 Å². The van der Waals surface area contributed by atoms with Gasteiger partial charge in [-0.15, -0.1) is 0 Å². The first kappa shape index (κ1) is 22.4. The van der Waals surface area contributed by atoms with Gasteiger partial charge < -0.3 is 29.2 Å². The fraction of sp³-hybridized carbons (Fsp3) is 0.409. The molecule has 1 aromatic carbocycles. The zero-order valence-corrected chi connectivity index (χ0v) is 17.9. The molecule has 2 atom stereocenters. The molecular formula is C22H27N3O6. The van der Waals surface area contributed by atoms with Crippen LogP contribution in [0.3, 0.4) is 0 Å². The summed E-state index contributed by atoms with van der Waals surface area (Å²) in [6, 6.07) is 7.83. The molecule has 9 nitrogen and oxygen atoms in total. The lowest BCUT2D eigenvalue weighted by Crippen LogP contribution is -2.46. The van der Waals surface area contributed by atoms with Gasteiger partial charge in [0.25, 0.3) is 5.91 Å². The van der Waals surface area contributed by atoms with Gasteiger partial charge in [0.1, 0.15) is 29.4 Å². The van der Waals surface area contributed by atoms with E-state index >= 15 is 0 Å². The molecule has 9 heteroatoms. The third-order valence-corrected chi connectivity index (χ3v) is 5.01. The van der Waals surface area contributed by atoms with Crippen LogP contribution in [-0.4, -0.2) is 74.9 Å². The number of nitrogens with zero attached hydrogens (tertiary/aromatic N) is 2. The predicted octanol–water partition coefficient (Wildman–Crippen LogP) is 1.52. The summed E-state index contributed by atoms with van der Waals surface area (Å²) in [5, 5.41) is 2.82. The number of carbonyl (C=O) groups excluding carboxylic acids is 2. The average molecular weight is 429 g/mol. The summed E-state index contributed by atoms with van der Waals surface area (Å²) in [5.41, 5.74) is 0.347. The first-order chi connectivity index (χ1) is 15.1. The van der Waals surface area contributed by atoms with Crippen LogP contribution in [0.1, 0.15) is 16.8 Å². The lowest BCUT2D eigenvalue weighted by molar-refractivity contribution is -0.125. The number of amides is 2. The summed E-state index contributed by atoms with van der Waals surface area (Å²) in [6.45, 7) is 0.993. The molecular weight excluding hydrogens is 402 g/mol. The molecule has 1 aromatic heterocycles. The van der Waals surface area contributed by atoms with E-state index in [2.05, 4.69) is 10.3 Å². The minimum absolute atomic E-state index is 0.254. The number of methoxy groups -OCH3 is 3. The highest BCUT2D eigenvalue weighted by atomic mass is 16.5. The Bertz CT molecular complexity index is 892. The maximum atomic E-state index is 13.4. The van der Waals surface area contributed by atoms with Gasteiger partial charge >= 0.3 is 0 Å². The minimum atomic E-state index is -0.683. The largest absolute Gasteiger partial charge is 0.497 e. The van der Waals surface area contributed by atoms with E-state index in [1.807, 2.05) is 0 Å². The van der Waals surface area contributed by atoms with Gasteiger partial charge in [-0.25, -0.2) is 0 Å². The van der Waals surface area contributed by atoms with Crippen molar-refractivity contribution in [3.05, 3.63) is 48.3 Å². The molecule has 2 aromatic rings. The second-order valence-corrected chi connectivity index (χ2v) is 6.99. The molecule has 0 spiro atoms. The quantitative estimate of drug-likeness (QED) is 0.604.